The van der Waals surface area contributed by atoms with Crippen LogP contribution < -0.4 is 10.9 Å². The smallest absolute Gasteiger partial charge is 0.267 e. The highest BCUT2D eigenvalue weighted by Gasteiger charge is 2.20. The maximum Gasteiger partial charge on any atom is 0.267 e. The minimum atomic E-state index is -0.630. The summed E-state index contributed by atoms with van der Waals surface area (Å²) in [5, 5.41) is 13.4. The Morgan fingerprint density at radius 3 is 2.41 bits per heavy atom. The van der Waals surface area contributed by atoms with Crippen molar-refractivity contribution in [1.29, 1.82) is 0 Å². The Bertz CT molecular complexity index is 914. The van der Waals surface area contributed by atoms with Crippen molar-refractivity contribution in [3.63, 3.8) is 0 Å². The number of hydrogen-bond donors (Lipinski definition) is 2. The molecular formula is C17H14N2O3. The Labute approximate surface area is 126 Å². The number of aromatic nitrogens is 1. The molecule has 0 radical (unpaired) electrons. The third kappa shape index (κ3) is 2.22. The van der Waals surface area contributed by atoms with Crippen molar-refractivity contribution in [2.24, 2.45) is 7.05 Å². The van der Waals surface area contributed by atoms with Gasteiger partial charge in [0.15, 0.2) is 0 Å². The summed E-state index contributed by atoms with van der Waals surface area (Å²) >= 11 is 0. The normalized spacial score (nSPS) is 10.6. The molecule has 0 fully saturated rings. The Morgan fingerprint density at radius 2 is 1.68 bits per heavy atom. The fraction of sp³-hybridized carbons (Fsp3) is 0.0588. The maximum atomic E-state index is 12.4. The van der Waals surface area contributed by atoms with Crippen LogP contribution in [-0.2, 0) is 7.05 Å². The van der Waals surface area contributed by atoms with E-state index in [2.05, 4.69) is 5.32 Å². The summed E-state index contributed by atoms with van der Waals surface area (Å²) in [6.45, 7) is 0. The molecule has 0 atom stereocenters. The number of aryl methyl sites for hydroxylation is 1. The molecule has 3 rings (SSSR count). The van der Waals surface area contributed by atoms with Crippen LogP contribution in [0.2, 0.25) is 0 Å². The number of fused-ring (bicyclic) bond motifs is 1. The van der Waals surface area contributed by atoms with Crippen LogP contribution in [0, 0.1) is 0 Å². The predicted octanol–water partition coefficient (Wildman–Crippen LogP) is 2.50. The van der Waals surface area contributed by atoms with Crippen LogP contribution >= 0.6 is 0 Å². The quantitative estimate of drug-likeness (QED) is 0.763. The topological polar surface area (TPSA) is 71.3 Å². The number of aromatic hydroxyl groups is 1. The Balaban J connectivity index is 2.15. The molecule has 5 heteroatoms. The highest BCUT2D eigenvalue weighted by Crippen LogP contribution is 2.26. The number of carbonyl (C=O) groups excluding carboxylic acids is 1. The van der Waals surface area contributed by atoms with Crippen LogP contribution in [-0.4, -0.2) is 15.6 Å². The molecule has 22 heavy (non-hydrogen) atoms. The van der Waals surface area contributed by atoms with E-state index in [1.807, 2.05) is 6.07 Å². The number of amides is 1. The van der Waals surface area contributed by atoms with E-state index in [-0.39, 0.29) is 11.3 Å². The highest BCUT2D eigenvalue weighted by atomic mass is 16.3. The molecule has 0 unspecified atom stereocenters. The van der Waals surface area contributed by atoms with E-state index < -0.39 is 11.5 Å². The van der Waals surface area contributed by atoms with Crippen molar-refractivity contribution in [1.82, 2.24) is 4.57 Å². The van der Waals surface area contributed by atoms with Gasteiger partial charge in [-0.3, -0.25) is 9.59 Å². The van der Waals surface area contributed by atoms with Gasteiger partial charge in [-0.15, -0.1) is 0 Å². The fourth-order valence-corrected chi connectivity index (χ4v) is 2.40. The second-order valence-corrected chi connectivity index (χ2v) is 4.93. The Hall–Kier alpha value is -3.08. The number of pyridine rings is 1. The number of hydrogen-bond acceptors (Lipinski definition) is 3. The van der Waals surface area contributed by atoms with Gasteiger partial charge in [0, 0.05) is 18.1 Å². The molecule has 0 saturated heterocycles. The van der Waals surface area contributed by atoms with Crippen molar-refractivity contribution in [3.05, 3.63) is 70.5 Å². The molecule has 1 amide bonds. The Morgan fingerprint density at radius 1 is 1.05 bits per heavy atom. The zero-order valence-corrected chi connectivity index (χ0v) is 11.9. The number of para-hydroxylation sites is 2. The molecule has 0 spiro atoms. The lowest BCUT2D eigenvalue weighted by Crippen LogP contribution is -2.28. The largest absolute Gasteiger partial charge is 0.506 e. The van der Waals surface area contributed by atoms with Gasteiger partial charge in [-0.1, -0.05) is 30.3 Å². The number of rotatable bonds is 2. The first-order valence-electron chi connectivity index (χ1n) is 6.76. The summed E-state index contributed by atoms with van der Waals surface area (Å²) in [4.78, 5) is 24.7. The van der Waals surface area contributed by atoms with Gasteiger partial charge in [0.2, 0.25) is 0 Å². The number of anilines is 1. The molecular weight excluding hydrogens is 280 g/mol. The van der Waals surface area contributed by atoms with E-state index in [9.17, 15) is 14.7 Å². The van der Waals surface area contributed by atoms with Crippen molar-refractivity contribution < 1.29 is 9.90 Å². The molecule has 0 aliphatic carbocycles. The molecule has 1 aromatic heterocycles. The summed E-state index contributed by atoms with van der Waals surface area (Å²) in [6, 6.07) is 15.7. The van der Waals surface area contributed by atoms with Gasteiger partial charge in [0.05, 0.1) is 5.52 Å². The van der Waals surface area contributed by atoms with Gasteiger partial charge in [-0.05, 0) is 24.3 Å². The van der Waals surface area contributed by atoms with Crippen LogP contribution in [0.25, 0.3) is 10.9 Å². The minimum absolute atomic E-state index is 0.259. The lowest BCUT2D eigenvalue weighted by Gasteiger charge is -2.11. The molecule has 2 aromatic carbocycles. The maximum absolute atomic E-state index is 12.4. The van der Waals surface area contributed by atoms with Crippen LogP contribution in [0.4, 0.5) is 5.69 Å². The molecule has 0 aliphatic heterocycles. The van der Waals surface area contributed by atoms with Gasteiger partial charge < -0.3 is 15.0 Å². The molecule has 0 bridgehead atoms. The average molecular weight is 294 g/mol. The van der Waals surface area contributed by atoms with E-state index in [0.717, 1.165) is 0 Å². The molecule has 110 valence electrons. The van der Waals surface area contributed by atoms with Crippen LogP contribution in [0.5, 0.6) is 5.75 Å². The molecule has 3 aromatic rings. The Kier molecular flexibility index (Phi) is 3.39. The third-order valence-corrected chi connectivity index (χ3v) is 3.53. The van der Waals surface area contributed by atoms with E-state index >= 15 is 0 Å². The van der Waals surface area contributed by atoms with Gasteiger partial charge in [-0.2, -0.15) is 0 Å². The number of benzene rings is 2. The molecule has 2 N–H and O–H groups in total. The first kappa shape index (κ1) is 13.9. The summed E-state index contributed by atoms with van der Waals surface area (Å²) in [5.41, 5.74) is 0.332. The highest BCUT2D eigenvalue weighted by molar-refractivity contribution is 6.09. The molecule has 0 aliphatic rings. The van der Waals surface area contributed by atoms with E-state index in [1.54, 1.807) is 55.6 Å². The fourth-order valence-electron chi connectivity index (χ4n) is 2.40. The van der Waals surface area contributed by atoms with Crippen LogP contribution in [0.1, 0.15) is 10.4 Å². The summed E-state index contributed by atoms with van der Waals surface area (Å²) < 4.78 is 1.36. The molecule has 5 nitrogen and oxygen atoms in total. The average Bonchev–Trinajstić information content (AvgIpc) is 2.54. The summed E-state index contributed by atoms with van der Waals surface area (Å²) in [7, 11) is 1.57. The number of nitrogens with zero attached hydrogens (tertiary/aromatic N) is 1. The zero-order valence-electron chi connectivity index (χ0n) is 11.9. The number of carbonyl (C=O) groups is 1. The van der Waals surface area contributed by atoms with Crippen molar-refractivity contribution in [2.75, 3.05) is 5.32 Å². The van der Waals surface area contributed by atoms with Gasteiger partial charge >= 0.3 is 0 Å². The summed E-state index contributed by atoms with van der Waals surface area (Å²) in [5.74, 6) is -0.929. The molecule has 0 saturated carbocycles. The van der Waals surface area contributed by atoms with Gasteiger partial charge in [0.25, 0.3) is 11.5 Å². The third-order valence-electron chi connectivity index (χ3n) is 3.53. The van der Waals surface area contributed by atoms with Crippen molar-refractivity contribution in [2.45, 2.75) is 0 Å². The first-order valence-corrected chi connectivity index (χ1v) is 6.76. The van der Waals surface area contributed by atoms with E-state index in [0.29, 0.717) is 16.6 Å². The standard InChI is InChI=1S/C17H14N2O3/c1-19-13-10-6-5-9-12(13)15(20)14(17(19)22)16(21)18-11-7-3-2-4-8-11/h2-10,20H,1H3,(H,18,21). The van der Waals surface area contributed by atoms with E-state index in [4.69, 9.17) is 0 Å². The lowest BCUT2D eigenvalue weighted by atomic mass is 10.1. The van der Waals surface area contributed by atoms with Gasteiger partial charge in [0.1, 0.15) is 11.3 Å². The number of nitrogens with one attached hydrogen (secondary N) is 1. The van der Waals surface area contributed by atoms with Crippen LogP contribution in [0.3, 0.4) is 0 Å². The van der Waals surface area contributed by atoms with E-state index in [1.165, 1.54) is 4.57 Å². The second-order valence-electron chi connectivity index (χ2n) is 4.93. The van der Waals surface area contributed by atoms with Crippen LogP contribution in [0.15, 0.2) is 59.4 Å². The monoisotopic (exact) mass is 294 g/mol. The summed E-state index contributed by atoms with van der Waals surface area (Å²) in [6.07, 6.45) is 0. The van der Waals surface area contributed by atoms with Gasteiger partial charge in [-0.25, -0.2) is 0 Å². The predicted molar refractivity (Wildman–Crippen MR) is 85.2 cm³/mol. The SMILES string of the molecule is Cn1c(=O)c(C(=O)Nc2ccccc2)c(O)c2ccccc21. The lowest BCUT2D eigenvalue weighted by molar-refractivity contribution is 0.102. The zero-order chi connectivity index (χ0) is 15.7. The van der Waals surface area contributed by atoms with Crippen molar-refractivity contribution in [3.8, 4) is 5.75 Å². The van der Waals surface area contributed by atoms with Crippen molar-refractivity contribution >= 4 is 22.5 Å². The second kappa shape index (κ2) is 5.37. The minimum Gasteiger partial charge on any atom is -0.506 e. The molecule has 1 heterocycles. The first-order chi connectivity index (χ1) is 10.6.